The van der Waals surface area contributed by atoms with Gasteiger partial charge in [0, 0.05) is 12.5 Å². The van der Waals surface area contributed by atoms with Gasteiger partial charge in [0.05, 0.1) is 7.11 Å². The average Bonchev–Trinajstić information content (AvgIpc) is 2.71. The number of nitrogens with one attached hydrogen (secondary N) is 1. The Morgan fingerprint density at radius 1 is 1.41 bits per heavy atom. The van der Waals surface area contributed by atoms with Crippen LogP contribution < -0.4 is 10.1 Å². The van der Waals surface area contributed by atoms with Gasteiger partial charge in [0.1, 0.15) is 11.7 Å². The van der Waals surface area contributed by atoms with Crippen molar-refractivity contribution in [1.82, 2.24) is 5.32 Å². The predicted octanol–water partition coefficient (Wildman–Crippen LogP) is 0.609. The third-order valence-corrected chi connectivity index (χ3v) is 2.99. The Kier molecular flexibility index (Phi) is 2.99. The van der Waals surface area contributed by atoms with Crippen molar-refractivity contribution in [2.45, 2.75) is 5.92 Å². The number of ether oxygens (including phenoxy) is 1. The minimum atomic E-state index is -1.08. The molecular weight excluding hydrogens is 222 g/mol. The molecule has 5 heteroatoms. The van der Waals surface area contributed by atoms with Crippen molar-refractivity contribution in [2.75, 3.05) is 13.7 Å². The molecular formula is C12H13NO4. The van der Waals surface area contributed by atoms with Gasteiger partial charge < -0.3 is 15.2 Å². The Morgan fingerprint density at radius 2 is 2.06 bits per heavy atom. The van der Waals surface area contributed by atoms with Gasteiger partial charge in [-0.25, -0.2) is 0 Å². The van der Waals surface area contributed by atoms with Gasteiger partial charge in [0.2, 0.25) is 5.91 Å². The van der Waals surface area contributed by atoms with E-state index in [9.17, 15) is 9.59 Å². The highest BCUT2D eigenvalue weighted by Crippen LogP contribution is 2.30. The Hall–Kier alpha value is -2.04. The molecule has 0 radical (unpaired) electrons. The summed E-state index contributed by atoms with van der Waals surface area (Å²) < 4.78 is 5.03. The van der Waals surface area contributed by atoms with Gasteiger partial charge in [-0.2, -0.15) is 0 Å². The Morgan fingerprint density at radius 3 is 2.59 bits per heavy atom. The second-order valence-corrected chi connectivity index (χ2v) is 3.94. The number of aliphatic carboxylic acids is 1. The molecule has 1 amide bonds. The maximum atomic E-state index is 11.4. The normalized spacial score (nSPS) is 23.2. The van der Waals surface area contributed by atoms with E-state index in [1.807, 2.05) is 0 Å². The highest BCUT2D eigenvalue weighted by atomic mass is 16.5. The lowest BCUT2D eigenvalue weighted by Crippen LogP contribution is -2.26. The van der Waals surface area contributed by atoms with Gasteiger partial charge >= 0.3 is 5.97 Å². The molecule has 2 rings (SSSR count). The van der Waals surface area contributed by atoms with Gasteiger partial charge in [0.25, 0.3) is 0 Å². The fourth-order valence-electron chi connectivity index (χ4n) is 2.07. The first kappa shape index (κ1) is 11.4. The van der Waals surface area contributed by atoms with Crippen LogP contribution in [0.4, 0.5) is 0 Å². The topological polar surface area (TPSA) is 75.6 Å². The van der Waals surface area contributed by atoms with Crippen molar-refractivity contribution >= 4 is 11.9 Å². The molecule has 90 valence electrons. The number of carbonyl (C=O) groups is 2. The van der Waals surface area contributed by atoms with Crippen molar-refractivity contribution < 1.29 is 19.4 Å². The molecule has 0 bridgehead atoms. The number of carbonyl (C=O) groups excluding carboxylic acids is 1. The largest absolute Gasteiger partial charge is 0.497 e. The summed E-state index contributed by atoms with van der Waals surface area (Å²) in [6, 6.07) is 7.10. The van der Waals surface area contributed by atoms with Crippen LogP contribution in [0.25, 0.3) is 0 Å². The zero-order valence-corrected chi connectivity index (χ0v) is 9.34. The molecule has 2 atom stereocenters. The average molecular weight is 235 g/mol. The molecule has 1 aliphatic heterocycles. The van der Waals surface area contributed by atoms with Crippen molar-refractivity contribution in [3.8, 4) is 5.75 Å². The maximum absolute atomic E-state index is 11.4. The SMILES string of the molecule is COc1ccc([C@H]2CNC(=O)C2C(=O)O)cc1. The molecule has 1 aromatic rings. The molecule has 0 saturated carbocycles. The van der Waals surface area contributed by atoms with E-state index in [1.165, 1.54) is 0 Å². The molecule has 0 aromatic heterocycles. The number of carboxylic acids is 1. The maximum Gasteiger partial charge on any atom is 0.316 e. The molecule has 1 fully saturated rings. The predicted molar refractivity (Wildman–Crippen MR) is 59.9 cm³/mol. The highest BCUT2D eigenvalue weighted by molar-refractivity contribution is 5.99. The summed E-state index contributed by atoms with van der Waals surface area (Å²) in [7, 11) is 1.57. The third-order valence-electron chi connectivity index (χ3n) is 2.99. The second-order valence-electron chi connectivity index (χ2n) is 3.94. The smallest absolute Gasteiger partial charge is 0.316 e. The molecule has 5 nitrogen and oxygen atoms in total. The van der Waals surface area contributed by atoms with Crippen molar-refractivity contribution in [1.29, 1.82) is 0 Å². The number of rotatable bonds is 3. The fraction of sp³-hybridized carbons (Fsp3) is 0.333. The number of hydrogen-bond donors (Lipinski definition) is 2. The molecule has 0 aliphatic carbocycles. The van der Waals surface area contributed by atoms with Crippen LogP contribution in [0.3, 0.4) is 0 Å². The molecule has 17 heavy (non-hydrogen) atoms. The van der Waals surface area contributed by atoms with E-state index < -0.39 is 17.8 Å². The van der Waals surface area contributed by atoms with E-state index in [2.05, 4.69) is 5.32 Å². The van der Waals surface area contributed by atoms with Gasteiger partial charge in [-0.1, -0.05) is 12.1 Å². The van der Waals surface area contributed by atoms with Gasteiger partial charge in [-0.05, 0) is 17.7 Å². The van der Waals surface area contributed by atoms with Crippen LogP contribution in [0.15, 0.2) is 24.3 Å². The van der Waals surface area contributed by atoms with Gasteiger partial charge in [-0.15, -0.1) is 0 Å². The van der Waals surface area contributed by atoms with Crippen LogP contribution in [0, 0.1) is 5.92 Å². The summed E-state index contributed by atoms with van der Waals surface area (Å²) in [4.78, 5) is 22.4. The zero-order valence-electron chi connectivity index (χ0n) is 9.34. The van der Waals surface area contributed by atoms with E-state index in [1.54, 1.807) is 31.4 Å². The number of hydrogen-bond acceptors (Lipinski definition) is 3. The summed E-state index contributed by atoms with van der Waals surface area (Å²) in [5.74, 6) is -2.11. The van der Waals surface area contributed by atoms with Crippen molar-refractivity contribution in [3.05, 3.63) is 29.8 Å². The van der Waals surface area contributed by atoms with Crippen LogP contribution in [-0.4, -0.2) is 30.6 Å². The minimum absolute atomic E-state index is 0.314. The summed E-state index contributed by atoms with van der Waals surface area (Å²) in [5.41, 5.74) is 0.830. The van der Waals surface area contributed by atoms with E-state index in [0.29, 0.717) is 12.3 Å². The molecule has 1 aromatic carbocycles. The molecule has 1 heterocycles. The number of carboxylic acid groups (broad SMARTS) is 1. The van der Waals surface area contributed by atoms with Crippen LogP contribution in [0.5, 0.6) is 5.75 Å². The Balaban J connectivity index is 2.26. The lowest BCUT2D eigenvalue weighted by atomic mass is 9.88. The molecule has 1 saturated heterocycles. The van der Waals surface area contributed by atoms with Crippen LogP contribution in [0.2, 0.25) is 0 Å². The van der Waals surface area contributed by atoms with Crippen LogP contribution in [0.1, 0.15) is 11.5 Å². The van der Waals surface area contributed by atoms with Crippen molar-refractivity contribution in [3.63, 3.8) is 0 Å². The lowest BCUT2D eigenvalue weighted by molar-refractivity contribution is -0.145. The highest BCUT2D eigenvalue weighted by Gasteiger charge is 2.40. The first-order valence-corrected chi connectivity index (χ1v) is 5.28. The Bertz CT molecular complexity index is 440. The molecule has 2 N–H and O–H groups in total. The second kappa shape index (κ2) is 4.45. The lowest BCUT2D eigenvalue weighted by Gasteiger charge is -2.13. The van der Waals surface area contributed by atoms with Gasteiger partial charge in [0.15, 0.2) is 0 Å². The summed E-state index contributed by atoms with van der Waals surface area (Å²) in [6.45, 7) is 0.363. The summed E-state index contributed by atoms with van der Waals surface area (Å²) in [5, 5.41) is 11.6. The molecule has 1 unspecified atom stereocenters. The van der Waals surface area contributed by atoms with Crippen LogP contribution >= 0.6 is 0 Å². The number of methoxy groups -OCH3 is 1. The number of amides is 1. The number of benzene rings is 1. The zero-order chi connectivity index (χ0) is 12.4. The van der Waals surface area contributed by atoms with E-state index in [0.717, 1.165) is 5.56 Å². The standard InChI is InChI=1S/C12H13NO4/c1-17-8-4-2-7(3-5-8)9-6-13-11(14)10(9)12(15)16/h2-5,9-10H,6H2,1H3,(H,13,14)(H,15,16)/t9-,10?/m1/s1. The van der Waals surface area contributed by atoms with Gasteiger partial charge in [-0.3, -0.25) is 9.59 Å². The fourth-order valence-corrected chi connectivity index (χ4v) is 2.07. The van der Waals surface area contributed by atoms with E-state index >= 15 is 0 Å². The quantitative estimate of drug-likeness (QED) is 0.753. The minimum Gasteiger partial charge on any atom is -0.497 e. The van der Waals surface area contributed by atoms with Crippen LogP contribution in [-0.2, 0) is 9.59 Å². The van der Waals surface area contributed by atoms with Crippen molar-refractivity contribution in [2.24, 2.45) is 5.92 Å². The first-order valence-electron chi connectivity index (χ1n) is 5.28. The van der Waals surface area contributed by atoms with E-state index in [-0.39, 0.29) is 5.92 Å². The Labute approximate surface area is 98.4 Å². The summed E-state index contributed by atoms with van der Waals surface area (Å²) >= 11 is 0. The molecule has 1 aliphatic rings. The summed E-state index contributed by atoms with van der Waals surface area (Å²) in [6.07, 6.45) is 0. The molecule has 0 spiro atoms. The monoisotopic (exact) mass is 235 g/mol. The van der Waals surface area contributed by atoms with E-state index in [4.69, 9.17) is 9.84 Å². The first-order chi connectivity index (χ1) is 8.13. The third kappa shape index (κ3) is 2.08.